The second-order valence-corrected chi connectivity index (χ2v) is 7.74. The van der Waals surface area contributed by atoms with E-state index in [0.717, 1.165) is 0 Å². The van der Waals surface area contributed by atoms with Crippen LogP contribution in [0.2, 0.25) is 0 Å². The van der Waals surface area contributed by atoms with Crippen LogP contribution in [0.5, 0.6) is 11.5 Å². The van der Waals surface area contributed by atoms with Crippen LogP contribution in [0.3, 0.4) is 0 Å². The largest absolute Gasteiger partial charge is 0.461 e. The van der Waals surface area contributed by atoms with Crippen molar-refractivity contribution in [1.29, 1.82) is 0 Å². The molecule has 1 heterocycles. The van der Waals surface area contributed by atoms with Gasteiger partial charge >= 0.3 is 14.5 Å². The van der Waals surface area contributed by atoms with Gasteiger partial charge in [0.25, 0.3) is 5.69 Å². The van der Waals surface area contributed by atoms with Crippen molar-refractivity contribution in [3.63, 3.8) is 0 Å². The average Bonchev–Trinajstić information content (AvgIpc) is 2.75. The summed E-state index contributed by atoms with van der Waals surface area (Å²) in [6.07, 6.45) is 1.19. The molecule has 1 fully saturated rings. The molecule has 0 amide bonds. The van der Waals surface area contributed by atoms with Gasteiger partial charge in [0.1, 0.15) is 23.6 Å². The van der Waals surface area contributed by atoms with Gasteiger partial charge in [-0.15, -0.1) is 0 Å². The molecule has 1 aliphatic rings. The summed E-state index contributed by atoms with van der Waals surface area (Å²) < 4.78 is 22.5. The van der Waals surface area contributed by atoms with Gasteiger partial charge in [0, 0.05) is 25.0 Å². The highest BCUT2D eigenvalue weighted by Crippen LogP contribution is 2.38. The molecule has 2 aromatic rings. The summed E-state index contributed by atoms with van der Waals surface area (Å²) in [7, 11) is -1.78. The summed E-state index contributed by atoms with van der Waals surface area (Å²) in [6, 6.07) is 14.0. The van der Waals surface area contributed by atoms with Crippen molar-refractivity contribution in [1.82, 2.24) is 5.09 Å². The van der Waals surface area contributed by atoms with Crippen molar-refractivity contribution < 1.29 is 28.2 Å². The number of nitrogens with zero attached hydrogens (tertiary/aromatic N) is 1. The van der Waals surface area contributed by atoms with Gasteiger partial charge in [-0.05, 0) is 31.2 Å². The first-order valence-corrected chi connectivity index (χ1v) is 10.7. The summed E-state index contributed by atoms with van der Waals surface area (Å²) in [5, 5.41) is 13.9. The Labute approximate surface area is 175 Å². The van der Waals surface area contributed by atoms with Gasteiger partial charge < -0.3 is 18.5 Å². The number of carbonyl (C=O) groups excluding carboxylic acids is 1. The zero-order valence-electron chi connectivity index (χ0n) is 16.4. The first-order valence-electron chi connectivity index (χ1n) is 9.51. The zero-order chi connectivity index (χ0) is 21.3. The van der Waals surface area contributed by atoms with Gasteiger partial charge in [-0.25, -0.2) is 5.09 Å². The molecule has 0 aliphatic carbocycles. The Morgan fingerprint density at radius 3 is 2.30 bits per heavy atom. The summed E-state index contributed by atoms with van der Waals surface area (Å²) in [5.41, 5.74) is -0.0444. The quantitative estimate of drug-likeness (QED) is 0.273. The van der Waals surface area contributed by atoms with E-state index in [-0.39, 0.29) is 11.8 Å². The van der Waals surface area contributed by atoms with E-state index in [2.05, 4.69) is 5.09 Å². The molecule has 2 aromatic carbocycles. The molecule has 160 valence electrons. The van der Waals surface area contributed by atoms with Gasteiger partial charge in [0.2, 0.25) is 0 Å². The Kier molecular flexibility index (Phi) is 7.96. The molecule has 30 heavy (non-hydrogen) atoms. The first kappa shape index (κ1) is 22.0. The van der Waals surface area contributed by atoms with E-state index in [1.165, 1.54) is 24.3 Å². The highest BCUT2D eigenvalue weighted by Gasteiger charge is 2.27. The minimum atomic E-state index is -1.78. The van der Waals surface area contributed by atoms with E-state index in [1.54, 1.807) is 19.1 Å². The number of non-ortho nitro benzene ring substituents is 1. The number of hydrogen-bond acceptors (Lipinski definition) is 8. The third-order valence-corrected chi connectivity index (χ3v) is 5.62. The second-order valence-electron chi connectivity index (χ2n) is 6.60. The fraction of sp³-hybridized carbons (Fsp3) is 0.350. The van der Waals surface area contributed by atoms with E-state index in [0.29, 0.717) is 37.6 Å². The maximum absolute atomic E-state index is 12.5. The molecular weight excluding hydrogens is 411 g/mol. The number of rotatable bonds is 9. The summed E-state index contributed by atoms with van der Waals surface area (Å²) in [5.74, 6) is 0.529. The lowest BCUT2D eigenvalue weighted by atomic mass is 10.1. The molecule has 1 saturated heterocycles. The van der Waals surface area contributed by atoms with Crippen LogP contribution in [0.4, 0.5) is 5.69 Å². The number of nitrogens with one attached hydrogen (secondary N) is 1. The predicted molar refractivity (Wildman–Crippen MR) is 110 cm³/mol. The average molecular weight is 434 g/mol. The highest BCUT2D eigenvalue weighted by molar-refractivity contribution is 7.45. The van der Waals surface area contributed by atoms with Gasteiger partial charge in [-0.3, -0.25) is 14.9 Å². The van der Waals surface area contributed by atoms with Crippen molar-refractivity contribution >= 4 is 20.2 Å². The Balaban J connectivity index is 1.65. The van der Waals surface area contributed by atoms with Crippen LogP contribution in [0.15, 0.2) is 54.6 Å². The van der Waals surface area contributed by atoms with E-state index < -0.39 is 25.5 Å². The molecule has 9 nitrogen and oxygen atoms in total. The zero-order valence-corrected chi connectivity index (χ0v) is 17.3. The lowest BCUT2D eigenvalue weighted by Gasteiger charge is -2.25. The van der Waals surface area contributed by atoms with Crippen LogP contribution in [0.1, 0.15) is 19.8 Å². The van der Waals surface area contributed by atoms with Gasteiger partial charge in [0.15, 0.2) is 0 Å². The monoisotopic (exact) mass is 434 g/mol. The van der Waals surface area contributed by atoms with Gasteiger partial charge in [-0.1, -0.05) is 18.2 Å². The van der Waals surface area contributed by atoms with Crippen LogP contribution in [0.25, 0.3) is 0 Å². The molecule has 0 bridgehead atoms. The van der Waals surface area contributed by atoms with Crippen molar-refractivity contribution in [3.8, 4) is 11.5 Å². The molecule has 0 spiro atoms. The van der Waals surface area contributed by atoms with Crippen LogP contribution in [0, 0.1) is 10.1 Å². The number of para-hydroxylation sites is 1. The van der Waals surface area contributed by atoms with Crippen molar-refractivity contribution in [2.75, 3.05) is 13.2 Å². The van der Waals surface area contributed by atoms with Gasteiger partial charge in [0.05, 0.1) is 18.1 Å². The first-order chi connectivity index (χ1) is 14.5. The van der Waals surface area contributed by atoms with E-state index in [4.69, 9.17) is 18.5 Å². The molecule has 3 rings (SSSR count). The SMILES string of the molecule is CC(NP(Oc1ccccc1)Oc1ccc([N+](=O)[O-])cc1)C(=O)OC1CCOCC1. The number of nitro benzene ring substituents is 1. The number of esters is 1. The Hall–Kier alpha value is -2.74. The van der Waals surface area contributed by atoms with E-state index in [9.17, 15) is 14.9 Å². The summed E-state index contributed by atoms with van der Waals surface area (Å²) in [4.78, 5) is 22.8. The Morgan fingerprint density at radius 1 is 1.10 bits per heavy atom. The van der Waals surface area contributed by atoms with Crippen LogP contribution in [-0.4, -0.2) is 36.3 Å². The van der Waals surface area contributed by atoms with Crippen LogP contribution < -0.4 is 14.1 Å². The topological polar surface area (TPSA) is 109 Å². The third kappa shape index (κ3) is 6.66. The smallest absolute Gasteiger partial charge is 0.382 e. The molecule has 10 heteroatoms. The number of benzene rings is 2. The maximum Gasteiger partial charge on any atom is 0.382 e. The minimum Gasteiger partial charge on any atom is -0.461 e. The lowest BCUT2D eigenvalue weighted by Crippen LogP contribution is -2.37. The van der Waals surface area contributed by atoms with Crippen molar-refractivity contribution in [2.45, 2.75) is 31.9 Å². The molecule has 0 radical (unpaired) electrons. The van der Waals surface area contributed by atoms with Crippen molar-refractivity contribution in [3.05, 3.63) is 64.7 Å². The molecule has 1 N–H and O–H groups in total. The van der Waals surface area contributed by atoms with E-state index in [1.807, 2.05) is 18.2 Å². The third-order valence-electron chi connectivity index (χ3n) is 4.27. The molecule has 2 atom stereocenters. The summed E-state index contributed by atoms with van der Waals surface area (Å²) >= 11 is 0. The molecule has 0 saturated carbocycles. The standard InChI is InChI=1S/C20H23N2O7P/c1-15(20(23)27-17-11-13-26-14-12-17)21-30(28-18-5-3-2-4-6-18)29-19-9-7-16(8-10-19)22(24)25/h2-10,15,17,21H,11-14H2,1H3. The number of nitro groups is 1. The molecule has 2 unspecified atom stereocenters. The number of hydrogen-bond donors (Lipinski definition) is 1. The maximum atomic E-state index is 12.5. The molecule has 1 aliphatic heterocycles. The fourth-order valence-electron chi connectivity index (χ4n) is 2.64. The lowest BCUT2D eigenvalue weighted by molar-refractivity contribution is -0.384. The fourth-order valence-corrected chi connectivity index (χ4v) is 3.83. The Bertz CT molecular complexity index is 829. The Morgan fingerprint density at radius 2 is 1.70 bits per heavy atom. The van der Waals surface area contributed by atoms with Crippen LogP contribution in [-0.2, 0) is 14.3 Å². The van der Waals surface area contributed by atoms with Crippen LogP contribution >= 0.6 is 8.53 Å². The normalized spacial score (nSPS) is 16.3. The summed E-state index contributed by atoms with van der Waals surface area (Å²) in [6.45, 7) is 2.82. The van der Waals surface area contributed by atoms with E-state index >= 15 is 0 Å². The molecular formula is C20H23N2O7P. The second kappa shape index (κ2) is 10.9. The molecule has 0 aromatic heterocycles. The minimum absolute atomic E-state index is 0.0444. The number of ether oxygens (including phenoxy) is 2. The van der Waals surface area contributed by atoms with Crippen molar-refractivity contribution in [2.24, 2.45) is 0 Å². The van der Waals surface area contributed by atoms with Gasteiger partial charge in [-0.2, -0.15) is 0 Å². The number of carbonyl (C=O) groups is 1. The predicted octanol–water partition coefficient (Wildman–Crippen LogP) is 3.98. The highest BCUT2D eigenvalue weighted by atomic mass is 31.2.